The molecule has 20 heavy (non-hydrogen) atoms. The van der Waals surface area contributed by atoms with E-state index in [1.165, 1.54) is 0 Å². The number of aromatic nitrogens is 2. The van der Waals surface area contributed by atoms with Gasteiger partial charge in [0.2, 0.25) is 0 Å². The zero-order valence-corrected chi connectivity index (χ0v) is 12.3. The molecule has 4 nitrogen and oxygen atoms in total. The molecule has 2 aromatic rings. The van der Waals surface area contributed by atoms with Gasteiger partial charge < -0.3 is 5.73 Å². The molecule has 1 unspecified atom stereocenters. The van der Waals surface area contributed by atoms with Gasteiger partial charge in [-0.3, -0.25) is 9.48 Å². The molecule has 0 bridgehead atoms. The van der Waals surface area contributed by atoms with Crippen LogP contribution in [0.2, 0.25) is 0 Å². The highest BCUT2D eigenvalue weighted by Gasteiger charge is 2.17. The Labute approximate surface area is 120 Å². The topological polar surface area (TPSA) is 60.9 Å². The Kier molecular flexibility index (Phi) is 4.90. The smallest absolute Gasteiger partial charge is 0.141 e. The molecule has 0 saturated heterocycles. The van der Waals surface area contributed by atoms with Gasteiger partial charge in [-0.2, -0.15) is 5.10 Å². The highest BCUT2D eigenvalue weighted by atomic mass is 16.1. The van der Waals surface area contributed by atoms with Gasteiger partial charge in [0.1, 0.15) is 5.78 Å². The summed E-state index contributed by atoms with van der Waals surface area (Å²) in [5.41, 5.74) is 7.50. The molecule has 108 valence electrons. The molecular formula is C16H23N3O. The number of fused-ring (bicyclic) bond motifs is 1. The second-order valence-corrected chi connectivity index (χ2v) is 5.25. The highest BCUT2D eigenvalue weighted by molar-refractivity contribution is 5.89. The van der Waals surface area contributed by atoms with Gasteiger partial charge in [-0.05, 0) is 32.4 Å². The van der Waals surface area contributed by atoms with Crippen molar-refractivity contribution in [3.05, 3.63) is 30.0 Å². The van der Waals surface area contributed by atoms with Gasteiger partial charge in [-0.1, -0.05) is 25.1 Å². The van der Waals surface area contributed by atoms with Crippen LogP contribution >= 0.6 is 0 Å². The highest BCUT2D eigenvalue weighted by Crippen LogP contribution is 2.20. The maximum atomic E-state index is 12.3. The third-order valence-corrected chi connectivity index (χ3v) is 3.77. The number of hydrogen-bond donors (Lipinski definition) is 1. The van der Waals surface area contributed by atoms with Crippen LogP contribution in [-0.2, 0) is 17.8 Å². The van der Waals surface area contributed by atoms with Crippen LogP contribution in [0.5, 0.6) is 0 Å². The first kappa shape index (κ1) is 14.7. The minimum atomic E-state index is 0.0593. The SMILES string of the molecule is CCn1nc(CC(=O)C(C)CCCN)c2ccccc21. The average molecular weight is 273 g/mol. The van der Waals surface area contributed by atoms with E-state index in [1.807, 2.05) is 29.8 Å². The Bertz CT molecular complexity index is 588. The van der Waals surface area contributed by atoms with Crippen molar-refractivity contribution >= 4 is 16.7 Å². The van der Waals surface area contributed by atoms with E-state index in [1.54, 1.807) is 0 Å². The van der Waals surface area contributed by atoms with Crippen molar-refractivity contribution in [1.29, 1.82) is 0 Å². The number of carbonyl (C=O) groups is 1. The quantitative estimate of drug-likeness (QED) is 0.843. The number of aryl methyl sites for hydroxylation is 1. The Morgan fingerprint density at radius 1 is 1.40 bits per heavy atom. The number of rotatable bonds is 7. The van der Waals surface area contributed by atoms with E-state index in [2.05, 4.69) is 18.1 Å². The number of nitrogens with two attached hydrogens (primary N) is 1. The lowest BCUT2D eigenvalue weighted by atomic mass is 9.96. The summed E-state index contributed by atoms with van der Waals surface area (Å²) >= 11 is 0. The number of benzene rings is 1. The van der Waals surface area contributed by atoms with Crippen LogP contribution in [0, 0.1) is 5.92 Å². The minimum Gasteiger partial charge on any atom is -0.330 e. The fraction of sp³-hybridized carbons (Fsp3) is 0.500. The lowest BCUT2D eigenvalue weighted by molar-refractivity contribution is -0.121. The van der Waals surface area contributed by atoms with Gasteiger partial charge in [0.05, 0.1) is 17.6 Å². The number of nitrogens with zero attached hydrogens (tertiary/aromatic N) is 2. The molecule has 4 heteroatoms. The number of hydrogen-bond acceptors (Lipinski definition) is 3. The molecule has 2 N–H and O–H groups in total. The molecule has 1 aromatic heterocycles. The molecular weight excluding hydrogens is 250 g/mol. The Morgan fingerprint density at radius 2 is 2.15 bits per heavy atom. The van der Waals surface area contributed by atoms with Crippen LogP contribution in [0.15, 0.2) is 24.3 Å². The van der Waals surface area contributed by atoms with Gasteiger partial charge in [-0.15, -0.1) is 0 Å². The van der Waals surface area contributed by atoms with Crippen LogP contribution in [0.1, 0.15) is 32.4 Å². The first-order chi connectivity index (χ1) is 9.67. The van der Waals surface area contributed by atoms with E-state index in [9.17, 15) is 4.79 Å². The van der Waals surface area contributed by atoms with Crippen molar-refractivity contribution in [2.45, 2.75) is 39.7 Å². The molecule has 0 saturated carbocycles. The molecule has 2 rings (SSSR count). The third-order valence-electron chi connectivity index (χ3n) is 3.77. The van der Waals surface area contributed by atoms with Gasteiger partial charge in [-0.25, -0.2) is 0 Å². The summed E-state index contributed by atoms with van der Waals surface area (Å²) in [6.07, 6.45) is 2.18. The molecule has 1 atom stereocenters. The van der Waals surface area contributed by atoms with E-state index in [-0.39, 0.29) is 11.7 Å². The Balaban J connectivity index is 2.19. The van der Waals surface area contributed by atoms with E-state index in [0.717, 1.165) is 36.0 Å². The van der Waals surface area contributed by atoms with Gasteiger partial charge in [0.15, 0.2) is 0 Å². The fourth-order valence-corrected chi connectivity index (χ4v) is 2.49. The Morgan fingerprint density at radius 3 is 2.85 bits per heavy atom. The first-order valence-corrected chi connectivity index (χ1v) is 7.34. The number of para-hydroxylation sites is 1. The molecule has 0 aliphatic carbocycles. The third kappa shape index (κ3) is 3.07. The summed E-state index contributed by atoms with van der Waals surface area (Å²) in [7, 11) is 0. The number of ketones is 1. The summed E-state index contributed by atoms with van der Waals surface area (Å²) in [5, 5.41) is 5.67. The molecule has 0 spiro atoms. The lowest BCUT2D eigenvalue weighted by Gasteiger charge is -2.08. The van der Waals surface area contributed by atoms with Crippen molar-refractivity contribution in [1.82, 2.24) is 9.78 Å². The zero-order chi connectivity index (χ0) is 14.5. The second-order valence-electron chi connectivity index (χ2n) is 5.25. The van der Waals surface area contributed by atoms with Crippen molar-refractivity contribution in [2.75, 3.05) is 6.54 Å². The van der Waals surface area contributed by atoms with Gasteiger partial charge >= 0.3 is 0 Å². The first-order valence-electron chi connectivity index (χ1n) is 7.34. The maximum Gasteiger partial charge on any atom is 0.141 e. The van der Waals surface area contributed by atoms with Crippen LogP contribution in [0.4, 0.5) is 0 Å². The fourth-order valence-electron chi connectivity index (χ4n) is 2.49. The molecule has 0 radical (unpaired) electrons. The van der Waals surface area contributed by atoms with E-state index in [4.69, 9.17) is 5.73 Å². The van der Waals surface area contributed by atoms with Crippen molar-refractivity contribution < 1.29 is 4.79 Å². The minimum absolute atomic E-state index is 0.0593. The molecule has 0 fully saturated rings. The monoisotopic (exact) mass is 273 g/mol. The summed E-state index contributed by atoms with van der Waals surface area (Å²) < 4.78 is 1.96. The standard InChI is InChI=1S/C16H23N3O/c1-3-19-15-9-5-4-8-13(15)14(18-19)11-16(20)12(2)7-6-10-17/h4-5,8-9,12H,3,6-7,10-11,17H2,1-2H3. The summed E-state index contributed by atoms with van der Waals surface area (Å²) in [6.45, 7) is 5.51. The van der Waals surface area contributed by atoms with Crippen molar-refractivity contribution in [2.24, 2.45) is 11.7 Å². The van der Waals surface area contributed by atoms with Crippen LogP contribution in [-0.4, -0.2) is 22.1 Å². The second kappa shape index (κ2) is 6.66. The predicted octanol–water partition coefficient (Wildman–Crippen LogP) is 2.54. The zero-order valence-electron chi connectivity index (χ0n) is 12.3. The number of Topliss-reactive ketones (excluding diaryl/α,β-unsaturated/α-hetero) is 1. The van der Waals surface area contributed by atoms with Crippen molar-refractivity contribution in [3.63, 3.8) is 0 Å². The lowest BCUT2D eigenvalue weighted by Crippen LogP contribution is -2.15. The van der Waals surface area contributed by atoms with E-state index in [0.29, 0.717) is 13.0 Å². The normalized spacial score (nSPS) is 12.8. The van der Waals surface area contributed by atoms with Crippen LogP contribution < -0.4 is 5.73 Å². The molecule has 1 aromatic carbocycles. The summed E-state index contributed by atoms with van der Waals surface area (Å²) in [5.74, 6) is 0.314. The molecule has 0 amide bonds. The van der Waals surface area contributed by atoms with Gasteiger partial charge in [0, 0.05) is 17.8 Å². The maximum absolute atomic E-state index is 12.3. The van der Waals surface area contributed by atoms with E-state index >= 15 is 0 Å². The molecule has 1 heterocycles. The van der Waals surface area contributed by atoms with E-state index < -0.39 is 0 Å². The average Bonchev–Trinajstić information content (AvgIpc) is 2.83. The number of carbonyl (C=O) groups excluding carboxylic acids is 1. The van der Waals surface area contributed by atoms with Crippen molar-refractivity contribution in [3.8, 4) is 0 Å². The van der Waals surface area contributed by atoms with Crippen LogP contribution in [0.3, 0.4) is 0 Å². The predicted molar refractivity (Wildman–Crippen MR) is 81.6 cm³/mol. The summed E-state index contributed by atoms with van der Waals surface area (Å²) in [4.78, 5) is 12.3. The molecule has 0 aliphatic heterocycles. The molecule has 0 aliphatic rings. The largest absolute Gasteiger partial charge is 0.330 e. The summed E-state index contributed by atoms with van der Waals surface area (Å²) in [6, 6.07) is 8.10. The van der Waals surface area contributed by atoms with Gasteiger partial charge in [0.25, 0.3) is 0 Å². The Hall–Kier alpha value is -1.68. The van der Waals surface area contributed by atoms with Crippen LogP contribution in [0.25, 0.3) is 10.9 Å².